The molecule has 0 aliphatic rings. The number of amides is 1. The topological polar surface area (TPSA) is 88.8 Å². The number of carbonyl (C=O) groups excluding carboxylic acids is 1. The Bertz CT molecular complexity index is 757. The lowest BCUT2D eigenvalue weighted by Gasteiger charge is -2.25. The van der Waals surface area contributed by atoms with Gasteiger partial charge in [-0.15, -0.1) is 0 Å². The first kappa shape index (κ1) is 18.7. The van der Waals surface area contributed by atoms with Crippen LogP contribution in [0.15, 0.2) is 40.8 Å². The Morgan fingerprint density at radius 3 is 2.64 bits per heavy atom. The van der Waals surface area contributed by atoms with Crippen LogP contribution in [-0.2, 0) is 20.7 Å². The maximum Gasteiger partial charge on any atom is 0.331 e. The predicted molar refractivity (Wildman–Crippen MR) is 88.5 cm³/mol. The summed E-state index contributed by atoms with van der Waals surface area (Å²) >= 11 is 0. The van der Waals surface area contributed by atoms with Gasteiger partial charge >= 0.3 is 5.97 Å². The lowest BCUT2D eigenvalue weighted by molar-refractivity contribution is -0.149. The molecule has 1 heterocycles. The highest BCUT2D eigenvalue weighted by atomic mass is 19.1. The fourth-order valence-corrected chi connectivity index (χ4v) is 2.36. The number of carboxylic acids is 1. The number of furan rings is 1. The van der Waals surface area contributed by atoms with E-state index in [1.165, 1.54) is 20.1 Å². The quantitative estimate of drug-likeness (QED) is 0.765. The van der Waals surface area contributed by atoms with Crippen LogP contribution in [0.1, 0.15) is 19.1 Å². The zero-order chi connectivity index (χ0) is 18.4. The number of halogens is 1. The molecular formula is C18H20FNO5. The van der Waals surface area contributed by atoms with Crippen LogP contribution >= 0.6 is 0 Å². The number of aryl methyl sites for hydroxylation is 1. The first-order valence-corrected chi connectivity index (χ1v) is 7.72. The maximum absolute atomic E-state index is 13.7. The Balaban J connectivity index is 1.97. The van der Waals surface area contributed by atoms with Gasteiger partial charge in [0, 0.05) is 20.0 Å². The summed E-state index contributed by atoms with van der Waals surface area (Å²) in [6, 6.07) is 9.54. The van der Waals surface area contributed by atoms with E-state index in [1.54, 1.807) is 30.3 Å². The average Bonchev–Trinajstić information content (AvgIpc) is 3.02. The van der Waals surface area contributed by atoms with Crippen molar-refractivity contribution in [1.29, 1.82) is 0 Å². The van der Waals surface area contributed by atoms with Crippen LogP contribution < -0.4 is 5.32 Å². The maximum atomic E-state index is 13.7. The molecule has 1 atom stereocenters. The van der Waals surface area contributed by atoms with Crippen molar-refractivity contribution in [2.75, 3.05) is 13.7 Å². The van der Waals surface area contributed by atoms with E-state index in [-0.39, 0.29) is 19.4 Å². The average molecular weight is 349 g/mol. The van der Waals surface area contributed by atoms with Crippen LogP contribution in [0.2, 0.25) is 0 Å². The van der Waals surface area contributed by atoms with Crippen LogP contribution in [0, 0.1) is 5.82 Å². The summed E-state index contributed by atoms with van der Waals surface area (Å²) < 4.78 is 24.2. The standard InChI is InChI=1S/C18H20FNO5/c1-18(11-24-2,17(22)23)20-16(21)10-8-12-7-9-15(25-12)13-5-3-4-6-14(13)19/h3-7,9H,8,10-11H2,1-2H3,(H,20,21)(H,22,23). The van der Waals surface area contributed by atoms with Gasteiger partial charge in [0.25, 0.3) is 0 Å². The summed E-state index contributed by atoms with van der Waals surface area (Å²) in [6.07, 6.45) is 0.305. The van der Waals surface area contributed by atoms with Crippen molar-refractivity contribution in [3.05, 3.63) is 48.0 Å². The third kappa shape index (κ3) is 4.67. The van der Waals surface area contributed by atoms with Gasteiger partial charge in [-0.25, -0.2) is 9.18 Å². The minimum atomic E-state index is -1.49. The highest BCUT2D eigenvalue weighted by Crippen LogP contribution is 2.25. The van der Waals surface area contributed by atoms with Crippen LogP contribution in [0.25, 0.3) is 11.3 Å². The normalized spacial score (nSPS) is 13.2. The summed E-state index contributed by atoms with van der Waals surface area (Å²) in [7, 11) is 1.36. The van der Waals surface area contributed by atoms with Gasteiger partial charge in [0.15, 0.2) is 5.54 Å². The molecule has 1 aromatic carbocycles. The summed E-state index contributed by atoms with van der Waals surface area (Å²) in [5.74, 6) is -1.12. The van der Waals surface area contributed by atoms with Crippen molar-refractivity contribution in [2.45, 2.75) is 25.3 Å². The van der Waals surface area contributed by atoms with E-state index in [9.17, 15) is 19.1 Å². The van der Waals surface area contributed by atoms with Crippen LogP contribution in [0.5, 0.6) is 0 Å². The molecule has 1 unspecified atom stereocenters. The molecule has 1 aromatic heterocycles. The Kier molecular flexibility index (Phi) is 5.93. The SMILES string of the molecule is COCC(C)(NC(=O)CCc1ccc(-c2ccccc2F)o1)C(=O)O. The molecule has 0 saturated carbocycles. The lowest BCUT2D eigenvalue weighted by atomic mass is 10.0. The molecule has 0 aliphatic heterocycles. The second-order valence-corrected chi connectivity index (χ2v) is 5.86. The zero-order valence-electron chi connectivity index (χ0n) is 14.0. The van der Waals surface area contributed by atoms with E-state index >= 15 is 0 Å². The smallest absolute Gasteiger partial charge is 0.331 e. The monoisotopic (exact) mass is 349 g/mol. The van der Waals surface area contributed by atoms with E-state index in [4.69, 9.17) is 9.15 Å². The van der Waals surface area contributed by atoms with Crippen molar-refractivity contribution in [2.24, 2.45) is 0 Å². The molecule has 0 fully saturated rings. The number of rotatable bonds is 8. The number of carbonyl (C=O) groups is 2. The molecule has 0 saturated heterocycles. The minimum Gasteiger partial charge on any atom is -0.479 e. The molecule has 6 nitrogen and oxygen atoms in total. The third-order valence-corrected chi connectivity index (χ3v) is 3.72. The molecule has 25 heavy (non-hydrogen) atoms. The van der Waals surface area contributed by atoms with Crippen molar-refractivity contribution in [3.63, 3.8) is 0 Å². The molecule has 2 N–H and O–H groups in total. The van der Waals surface area contributed by atoms with Crippen molar-refractivity contribution in [1.82, 2.24) is 5.32 Å². The molecule has 1 amide bonds. The zero-order valence-corrected chi connectivity index (χ0v) is 14.0. The summed E-state index contributed by atoms with van der Waals surface area (Å²) in [4.78, 5) is 23.3. The van der Waals surface area contributed by atoms with Crippen LogP contribution in [0.3, 0.4) is 0 Å². The van der Waals surface area contributed by atoms with Gasteiger partial charge in [-0.2, -0.15) is 0 Å². The van der Waals surface area contributed by atoms with Gasteiger partial charge in [0.2, 0.25) is 5.91 Å². The molecular weight excluding hydrogens is 329 g/mol. The second-order valence-electron chi connectivity index (χ2n) is 5.86. The summed E-state index contributed by atoms with van der Waals surface area (Å²) in [5.41, 5.74) is -1.15. The summed E-state index contributed by atoms with van der Waals surface area (Å²) in [5, 5.41) is 11.7. The Hall–Kier alpha value is -2.67. The van der Waals surface area contributed by atoms with E-state index in [0.717, 1.165) is 0 Å². The van der Waals surface area contributed by atoms with E-state index in [1.807, 2.05) is 0 Å². The van der Waals surface area contributed by atoms with Crippen molar-refractivity contribution < 1.29 is 28.2 Å². The number of aliphatic carboxylic acids is 1. The van der Waals surface area contributed by atoms with Gasteiger partial charge < -0.3 is 19.6 Å². The Morgan fingerprint density at radius 2 is 2.00 bits per heavy atom. The molecule has 2 rings (SSSR count). The van der Waals surface area contributed by atoms with Gasteiger partial charge in [-0.3, -0.25) is 4.79 Å². The predicted octanol–water partition coefficient (Wildman–Crippen LogP) is 2.62. The molecule has 0 radical (unpaired) electrons. The second kappa shape index (κ2) is 7.94. The number of nitrogens with one attached hydrogen (secondary N) is 1. The van der Waals surface area contributed by atoms with Crippen LogP contribution in [-0.4, -0.2) is 36.2 Å². The Morgan fingerprint density at radius 1 is 1.28 bits per heavy atom. The Labute approximate surface area is 144 Å². The van der Waals surface area contributed by atoms with Gasteiger partial charge in [-0.1, -0.05) is 12.1 Å². The number of ether oxygens (including phenoxy) is 1. The molecule has 134 valence electrons. The fourth-order valence-electron chi connectivity index (χ4n) is 2.36. The van der Waals surface area contributed by atoms with E-state index in [2.05, 4.69) is 5.32 Å². The molecule has 0 bridgehead atoms. The van der Waals surface area contributed by atoms with Crippen LogP contribution in [0.4, 0.5) is 4.39 Å². The lowest BCUT2D eigenvalue weighted by Crippen LogP contribution is -2.55. The van der Waals surface area contributed by atoms with E-state index < -0.39 is 23.2 Å². The van der Waals surface area contributed by atoms with Crippen molar-refractivity contribution in [3.8, 4) is 11.3 Å². The van der Waals surface area contributed by atoms with Gasteiger partial charge in [-0.05, 0) is 31.2 Å². The third-order valence-electron chi connectivity index (χ3n) is 3.72. The van der Waals surface area contributed by atoms with Crippen molar-refractivity contribution >= 4 is 11.9 Å². The highest BCUT2D eigenvalue weighted by Gasteiger charge is 2.34. The number of hydrogen-bond donors (Lipinski definition) is 2. The first-order chi connectivity index (χ1) is 11.9. The van der Waals surface area contributed by atoms with Gasteiger partial charge in [0.1, 0.15) is 17.3 Å². The number of benzene rings is 1. The highest BCUT2D eigenvalue weighted by molar-refractivity contribution is 5.86. The minimum absolute atomic E-state index is 0.0385. The molecule has 0 aliphatic carbocycles. The fraction of sp³-hybridized carbons (Fsp3) is 0.333. The number of hydrogen-bond acceptors (Lipinski definition) is 4. The first-order valence-electron chi connectivity index (χ1n) is 7.72. The molecule has 2 aromatic rings. The molecule has 7 heteroatoms. The van der Waals surface area contributed by atoms with E-state index in [0.29, 0.717) is 17.1 Å². The van der Waals surface area contributed by atoms with Gasteiger partial charge in [0.05, 0.1) is 12.2 Å². The summed E-state index contributed by atoms with van der Waals surface area (Å²) in [6.45, 7) is 1.23. The number of carboxylic acid groups (broad SMARTS) is 1. The largest absolute Gasteiger partial charge is 0.479 e. The molecule has 0 spiro atoms. The number of methoxy groups -OCH3 is 1.